The molecule has 7 nitrogen and oxygen atoms in total. The molecule has 0 spiro atoms. The van der Waals surface area contributed by atoms with Crippen molar-refractivity contribution in [3.05, 3.63) is 53.6 Å². The maximum Gasteiger partial charge on any atom is 0.265 e. The Morgan fingerprint density at radius 1 is 0.909 bits per heavy atom. The highest BCUT2D eigenvalue weighted by molar-refractivity contribution is 6.06. The third kappa shape index (κ3) is 2.90. The number of nitrogen functional groups attached to an aromatic ring is 2. The van der Waals surface area contributed by atoms with Gasteiger partial charge in [-0.3, -0.25) is 20.4 Å². The molecule has 0 fully saturated rings. The van der Waals surface area contributed by atoms with E-state index in [2.05, 4.69) is 10.9 Å². The molecule has 0 bridgehead atoms. The number of nitrogens with one attached hydrogen (secondary N) is 2. The largest absolute Gasteiger partial charge is 0.497 e. The second-order valence-corrected chi connectivity index (χ2v) is 4.40. The van der Waals surface area contributed by atoms with E-state index >= 15 is 0 Å². The topological polar surface area (TPSA) is 119 Å². The van der Waals surface area contributed by atoms with Gasteiger partial charge in [0.1, 0.15) is 5.75 Å². The molecule has 0 aliphatic rings. The van der Waals surface area contributed by atoms with Gasteiger partial charge >= 0.3 is 0 Å². The summed E-state index contributed by atoms with van der Waals surface area (Å²) in [5, 5.41) is 0. The highest BCUT2D eigenvalue weighted by atomic mass is 16.5. The van der Waals surface area contributed by atoms with Crippen LogP contribution in [-0.4, -0.2) is 18.9 Å². The van der Waals surface area contributed by atoms with Crippen molar-refractivity contribution in [2.75, 3.05) is 7.11 Å². The molecule has 0 radical (unpaired) electrons. The third-order valence-corrected chi connectivity index (χ3v) is 3.20. The summed E-state index contributed by atoms with van der Waals surface area (Å²) < 4.78 is 5.18. The van der Waals surface area contributed by atoms with Gasteiger partial charge in [-0.15, -0.1) is 0 Å². The number of carbonyl (C=O) groups excluding carboxylic acids is 2. The SMILES string of the molecule is COc1ccc(C(=O)NN)c(-c2ccccc2C(=O)NN)c1. The van der Waals surface area contributed by atoms with Gasteiger partial charge in [-0.2, -0.15) is 0 Å². The molecular weight excluding hydrogens is 284 g/mol. The minimum Gasteiger partial charge on any atom is -0.497 e. The van der Waals surface area contributed by atoms with Crippen LogP contribution in [0.25, 0.3) is 11.1 Å². The molecule has 0 aliphatic heterocycles. The summed E-state index contributed by atoms with van der Waals surface area (Å²) in [6, 6.07) is 11.7. The van der Waals surface area contributed by atoms with Gasteiger partial charge in [-0.05, 0) is 35.4 Å². The van der Waals surface area contributed by atoms with Crippen molar-refractivity contribution in [2.24, 2.45) is 11.7 Å². The van der Waals surface area contributed by atoms with E-state index in [4.69, 9.17) is 16.4 Å². The number of hydrogen-bond donors (Lipinski definition) is 4. The molecule has 0 saturated carbocycles. The van der Waals surface area contributed by atoms with Crippen molar-refractivity contribution in [1.29, 1.82) is 0 Å². The number of benzene rings is 2. The minimum atomic E-state index is -0.472. The molecule has 0 aromatic heterocycles. The Hall–Kier alpha value is -2.90. The van der Waals surface area contributed by atoms with Crippen LogP contribution in [0.1, 0.15) is 20.7 Å². The van der Waals surface area contributed by atoms with Gasteiger partial charge in [-0.1, -0.05) is 18.2 Å². The molecule has 7 heteroatoms. The van der Waals surface area contributed by atoms with Crippen molar-refractivity contribution in [3.8, 4) is 16.9 Å². The lowest BCUT2D eigenvalue weighted by Gasteiger charge is -2.13. The number of hydrogen-bond acceptors (Lipinski definition) is 5. The van der Waals surface area contributed by atoms with Gasteiger partial charge < -0.3 is 4.74 Å². The number of rotatable bonds is 4. The molecule has 2 rings (SSSR count). The summed E-state index contributed by atoms with van der Waals surface area (Å²) in [5.41, 5.74) is 5.89. The number of hydrazine groups is 2. The average molecular weight is 300 g/mol. The molecule has 0 atom stereocenters. The van der Waals surface area contributed by atoms with E-state index in [0.29, 0.717) is 28.0 Å². The molecule has 2 aromatic rings. The van der Waals surface area contributed by atoms with Gasteiger partial charge in [0, 0.05) is 11.1 Å². The molecule has 0 aliphatic carbocycles. The van der Waals surface area contributed by atoms with Crippen molar-refractivity contribution in [1.82, 2.24) is 10.9 Å². The Bertz CT molecular complexity index is 716. The highest BCUT2D eigenvalue weighted by Gasteiger charge is 2.18. The van der Waals surface area contributed by atoms with E-state index in [1.54, 1.807) is 42.5 Å². The van der Waals surface area contributed by atoms with Crippen molar-refractivity contribution < 1.29 is 14.3 Å². The summed E-state index contributed by atoms with van der Waals surface area (Å²) in [6.07, 6.45) is 0. The third-order valence-electron chi connectivity index (χ3n) is 3.20. The fourth-order valence-electron chi connectivity index (χ4n) is 2.14. The number of amides is 2. The highest BCUT2D eigenvalue weighted by Crippen LogP contribution is 2.30. The quantitative estimate of drug-likeness (QED) is 0.374. The lowest BCUT2D eigenvalue weighted by Crippen LogP contribution is -2.31. The number of ether oxygens (including phenoxy) is 1. The maximum absolute atomic E-state index is 12.0. The van der Waals surface area contributed by atoms with Crippen molar-refractivity contribution in [2.45, 2.75) is 0 Å². The predicted octanol–water partition coefficient (Wildman–Crippen LogP) is 0.569. The molecule has 6 N–H and O–H groups in total. The Labute approximate surface area is 127 Å². The number of methoxy groups -OCH3 is 1. The minimum absolute atomic E-state index is 0.320. The van der Waals surface area contributed by atoms with Crippen LogP contribution in [0.3, 0.4) is 0 Å². The molecule has 0 saturated heterocycles. The zero-order valence-electron chi connectivity index (χ0n) is 11.9. The van der Waals surface area contributed by atoms with Crippen LogP contribution in [0.15, 0.2) is 42.5 Å². The first-order valence-electron chi connectivity index (χ1n) is 6.41. The zero-order valence-corrected chi connectivity index (χ0v) is 11.9. The van der Waals surface area contributed by atoms with Crippen molar-refractivity contribution in [3.63, 3.8) is 0 Å². The van der Waals surface area contributed by atoms with Crippen LogP contribution < -0.4 is 27.3 Å². The first kappa shape index (κ1) is 15.5. The Balaban J connectivity index is 2.70. The Morgan fingerprint density at radius 3 is 2.09 bits per heavy atom. The van der Waals surface area contributed by atoms with E-state index in [0.717, 1.165) is 0 Å². The lowest BCUT2D eigenvalue weighted by molar-refractivity contribution is 0.0944. The standard InChI is InChI=1S/C15H16N4O3/c1-22-9-6-7-12(15(21)19-17)13(8-9)10-4-2-3-5-11(10)14(20)18-16/h2-8H,16-17H2,1H3,(H,18,20)(H,19,21). The fraction of sp³-hybridized carbons (Fsp3) is 0.0667. The second-order valence-electron chi connectivity index (χ2n) is 4.40. The van der Waals surface area contributed by atoms with E-state index in [-0.39, 0.29) is 0 Å². The van der Waals surface area contributed by atoms with E-state index in [9.17, 15) is 9.59 Å². The first-order valence-corrected chi connectivity index (χ1v) is 6.41. The van der Waals surface area contributed by atoms with Crippen LogP contribution in [0, 0.1) is 0 Å². The molecule has 0 heterocycles. The van der Waals surface area contributed by atoms with E-state index in [1.165, 1.54) is 7.11 Å². The smallest absolute Gasteiger partial charge is 0.265 e. The molecule has 0 unspecified atom stereocenters. The second kappa shape index (κ2) is 6.70. The van der Waals surface area contributed by atoms with Gasteiger partial charge in [0.25, 0.3) is 11.8 Å². The summed E-state index contributed by atoms with van der Waals surface area (Å²) in [5.74, 6) is 10.0. The van der Waals surface area contributed by atoms with Crippen LogP contribution in [0.4, 0.5) is 0 Å². The summed E-state index contributed by atoms with van der Waals surface area (Å²) in [6.45, 7) is 0. The fourth-order valence-corrected chi connectivity index (χ4v) is 2.14. The van der Waals surface area contributed by atoms with Crippen LogP contribution in [0.2, 0.25) is 0 Å². The Kier molecular flexibility index (Phi) is 4.72. The average Bonchev–Trinajstić information content (AvgIpc) is 2.59. The first-order chi connectivity index (χ1) is 10.6. The lowest BCUT2D eigenvalue weighted by atomic mass is 9.94. The van der Waals surface area contributed by atoms with Crippen LogP contribution in [-0.2, 0) is 0 Å². The molecular formula is C15H16N4O3. The van der Waals surface area contributed by atoms with Crippen LogP contribution in [0.5, 0.6) is 5.75 Å². The molecule has 2 amide bonds. The van der Waals surface area contributed by atoms with Gasteiger partial charge in [-0.25, -0.2) is 11.7 Å². The van der Waals surface area contributed by atoms with Gasteiger partial charge in [0.2, 0.25) is 0 Å². The monoisotopic (exact) mass is 300 g/mol. The summed E-state index contributed by atoms with van der Waals surface area (Å²) in [7, 11) is 1.51. The number of nitrogens with two attached hydrogens (primary N) is 2. The van der Waals surface area contributed by atoms with Crippen LogP contribution >= 0.6 is 0 Å². The zero-order chi connectivity index (χ0) is 16.1. The normalized spacial score (nSPS) is 9.95. The van der Waals surface area contributed by atoms with E-state index < -0.39 is 11.8 Å². The summed E-state index contributed by atoms with van der Waals surface area (Å²) in [4.78, 5) is 23.9. The molecule has 22 heavy (non-hydrogen) atoms. The molecule has 114 valence electrons. The van der Waals surface area contributed by atoms with Crippen molar-refractivity contribution >= 4 is 11.8 Å². The summed E-state index contributed by atoms with van der Waals surface area (Å²) >= 11 is 0. The van der Waals surface area contributed by atoms with Gasteiger partial charge in [0.05, 0.1) is 7.11 Å². The van der Waals surface area contributed by atoms with Gasteiger partial charge in [0.15, 0.2) is 0 Å². The number of carbonyl (C=O) groups is 2. The molecule has 2 aromatic carbocycles. The Morgan fingerprint density at radius 2 is 1.50 bits per heavy atom. The maximum atomic E-state index is 12.0. The predicted molar refractivity (Wildman–Crippen MR) is 81.7 cm³/mol. The van der Waals surface area contributed by atoms with E-state index in [1.807, 2.05) is 0 Å².